The molecule has 0 saturated carbocycles. The molecular formula is C18H30ClN3O2. The van der Waals surface area contributed by atoms with E-state index in [1.807, 2.05) is 42.2 Å². The van der Waals surface area contributed by atoms with Gasteiger partial charge < -0.3 is 15.4 Å². The van der Waals surface area contributed by atoms with Crippen molar-refractivity contribution in [1.82, 2.24) is 9.80 Å². The lowest BCUT2D eigenvalue weighted by Crippen LogP contribution is -2.41. The van der Waals surface area contributed by atoms with Crippen LogP contribution in [0.15, 0.2) is 30.3 Å². The summed E-state index contributed by atoms with van der Waals surface area (Å²) in [4.78, 5) is 17.1. The average molecular weight is 356 g/mol. The molecule has 0 aromatic heterocycles. The first-order valence-electron chi connectivity index (χ1n) is 8.44. The molecular weight excluding hydrogens is 326 g/mol. The zero-order valence-electron chi connectivity index (χ0n) is 14.7. The number of carbonyl (C=O) groups excluding carboxylic acids is 1. The van der Waals surface area contributed by atoms with Crippen LogP contribution in [0.1, 0.15) is 24.9 Å². The second-order valence-corrected chi connectivity index (χ2v) is 6.24. The summed E-state index contributed by atoms with van der Waals surface area (Å²) >= 11 is 0. The maximum Gasteiger partial charge on any atom is 0.227 e. The van der Waals surface area contributed by atoms with Crippen LogP contribution in [0, 0.1) is 5.92 Å². The fraction of sp³-hybridized carbons (Fsp3) is 0.611. The van der Waals surface area contributed by atoms with Gasteiger partial charge in [-0.25, -0.2) is 0 Å². The fourth-order valence-corrected chi connectivity index (χ4v) is 3.04. The molecule has 2 N–H and O–H groups in total. The Labute approximate surface area is 151 Å². The standard InChI is InChI=1S/C18H29N3O2.ClH/c1-15(17(19)16-7-4-3-5-8-16)18(22)21-10-6-9-20(11-12-21)13-14-23-2;/h3-5,7-8,15,17H,6,9-14,19H2,1-2H3;1H. The van der Waals surface area contributed by atoms with E-state index in [0.29, 0.717) is 0 Å². The molecule has 1 aliphatic heterocycles. The van der Waals surface area contributed by atoms with E-state index in [4.69, 9.17) is 10.5 Å². The molecule has 0 aliphatic carbocycles. The second-order valence-electron chi connectivity index (χ2n) is 6.24. The molecule has 1 amide bonds. The summed E-state index contributed by atoms with van der Waals surface area (Å²) in [5.41, 5.74) is 7.32. The summed E-state index contributed by atoms with van der Waals surface area (Å²) < 4.78 is 5.14. The zero-order chi connectivity index (χ0) is 16.7. The highest BCUT2D eigenvalue weighted by atomic mass is 35.5. The predicted octanol–water partition coefficient (Wildman–Crippen LogP) is 1.93. The number of halogens is 1. The van der Waals surface area contributed by atoms with Gasteiger partial charge in [0.25, 0.3) is 0 Å². The summed E-state index contributed by atoms with van der Waals surface area (Å²) in [6, 6.07) is 9.62. The van der Waals surface area contributed by atoms with Gasteiger partial charge in [-0.1, -0.05) is 37.3 Å². The highest BCUT2D eigenvalue weighted by Crippen LogP contribution is 2.21. The van der Waals surface area contributed by atoms with Gasteiger partial charge in [-0.05, 0) is 18.5 Å². The molecule has 0 spiro atoms. The van der Waals surface area contributed by atoms with Crippen molar-refractivity contribution in [3.8, 4) is 0 Å². The van der Waals surface area contributed by atoms with Crippen LogP contribution in [-0.2, 0) is 9.53 Å². The van der Waals surface area contributed by atoms with E-state index in [1.54, 1.807) is 7.11 Å². The first kappa shape index (κ1) is 20.9. The number of benzene rings is 1. The second kappa shape index (κ2) is 10.7. The van der Waals surface area contributed by atoms with E-state index >= 15 is 0 Å². The van der Waals surface area contributed by atoms with Gasteiger partial charge in [0.1, 0.15) is 0 Å². The van der Waals surface area contributed by atoms with Crippen molar-refractivity contribution in [3.05, 3.63) is 35.9 Å². The number of carbonyl (C=O) groups is 1. The summed E-state index contributed by atoms with van der Waals surface area (Å²) in [5, 5.41) is 0. The number of nitrogens with zero attached hydrogens (tertiary/aromatic N) is 2. The van der Waals surface area contributed by atoms with E-state index in [0.717, 1.165) is 51.3 Å². The van der Waals surface area contributed by atoms with Gasteiger partial charge in [0.15, 0.2) is 0 Å². The van der Waals surface area contributed by atoms with E-state index in [2.05, 4.69) is 4.90 Å². The number of ether oxygens (including phenoxy) is 1. The number of nitrogens with two attached hydrogens (primary N) is 1. The lowest BCUT2D eigenvalue weighted by atomic mass is 9.94. The normalized spacial score (nSPS) is 18.4. The average Bonchev–Trinajstić information content (AvgIpc) is 2.84. The van der Waals surface area contributed by atoms with E-state index in [9.17, 15) is 4.79 Å². The van der Waals surface area contributed by atoms with Gasteiger partial charge in [-0.2, -0.15) is 0 Å². The Kier molecular flexibility index (Phi) is 9.29. The van der Waals surface area contributed by atoms with Crippen molar-refractivity contribution in [2.45, 2.75) is 19.4 Å². The van der Waals surface area contributed by atoms with Gasteiger partial charge in [0.05, 0.1) is 12.5 Å². The summed E-state index contributed by atoms with van der Waals surface area (Å²) in [6.45, 7) is 7.12. The Balaban J connectivity index is 0.00000288. The minimum absolute atomic E-state index is 0. The van der Waals surface area contributed by atoms with Crippen molar-refractivity contribution in [2.75, 3.05) is 46.4 Å². The van der Waals surface area contributed by atoms with Crippen LogP contribution in [-0.4, -0.2) is 62.1 Å². The van der Waals surface area contributed by atoms with Crippen molar-refractivity contribution in [3.63, 3.8) is 0 Å². The van der Waals surface area contributed by atoms with Crippen molar-refractivity contribution in [1.29, 1.82) is 0 Å². The Hall–Kier alpha value is -1.14. The molecule has 1 aromatic rings. The fourth-order valence-electron chi connectivity index (χ4n) is 3.04. The molecule has 2 rings (SSSR count). The van der Waals surface area contributed by atoms with Crippen LogP contribution in [0.25, 0.3) is 0 Å². The van der Waals surface area contributed by atoms with Gasteiger partial charge in [0, 0.05) is 39.3 Å². The Morgan fingerprint density at radius 3 is 2.58 bits per heavy atom. The maximum absolute atomic E-state index is 12.8. The minimum Gasteiger partial charge on any atom is -0.383 e. The lowest BCUT2D eigenvalue weighted by Gasteiger charge is -2.27. The molecule has 5 nitrogen and oxygen atoms in total. The third-order valence-electron chi connectivity index (χ3n) is 4.62. The first-order valence-corrected chi connectivity index (χ1v) is 8.44. The number of amides is 1. The number of hydrogen-bond acceptors (Lipinski definition) is 4. The van der Waals surface area contributed by atoms with Gasteiger partial charge in [-0.15, -0.1) is 12.4 Å². The van der Waals surface area contributed by atoms with Crippen LogP contribution in [0.5, 0.6) is 0 Å². The minimum atomic E-state index is -0.253. The predicted molar refractivity (Wildman–Crippen MR) is 99.3 cm³/mol. The summed E-state index contributed by atoms with van der Waals surface area (Å²) in [7, 11) is 1.72. The van der Waals surface area contributed by atoms with E-state index in [1.165, 1.54) is 0 Å². The molecule has 0 bridgehead atoms. The Bertz CT molecular complexity index is 486. The Morgan fingerprint density at radius 1 is 1.21 bits per heavy atom. The lowest BCUT2D eigenvalue weighted by molar-refractivity contribution is -0.135. The van der Waals surface area contributed by atoms with Crippen molar-refractivity contribution >= 4 is 18.3 Å². The number of rotatable bonds is 6. The largest absolute Gasteiger partial charge is 0.383 e. The molecule has 136 valence electrons. The maximum atomic E-state index is 12.8. The monoisotopic (exact) mass is 355 g/mol. The molecule has 2 atom stereocenters. The van der Waals surface area contributed by atoms with Crippen molar-refractivity contribution < 1.29 is 9.53 Å². The van der Waals surface area contributed by atoms with Gasteiger partial charge >= 0.3 is 0 Å². The first-order chi connectivity index (χ1) is 11.1. The number of methoxy groups -OCH3 is 1. The molecule has 1 fully saturated rings. The van der Waals surface area contributed by atoms with E-state index in [-0.39, 0.29) is 30.3 Å². The van der Waals surface area contributed by atoms with Crippen LogP contribution in [0.2, 0.25) is 0 Å². The smallest absolute Gasteiger partial charge is 0.227 e. The molecule has 1 aromatic carbocycles. The third-order valence-corrected chi connectivity index (χ3v) is 4.62. The summed E-state index contributed by atoms with van der Waals surface area (Å²) in [6.07, 6.45) is 1.00. The van der Waals surface area contributed by atoms with Crippen molar-refractivity contribution in [2.24, 2.45) is 11.7 Å². The van der Waals surface area contributed by atoms with Crippen LogP contribution < -0.4 is 5.73 Å². The third kappa shape index (κ3) is 5.74. The zero-order valence-corrected chi connectivity index (χ0v) is 15.5. The Morgan fingerprint density at radius 2 is 1.92 bits per heavy atom. The summed E-state index contributed by atoms with van der Waals surface area (Å²) in [5.74, 6) is -0.0436. The topological polar surface area (TPSA) is 58.8 Å². The molecule has 0 radical (unpaired) electrons. The van der Waals surface area contributed by atoms with Gasteiger partial charge in [-0.3, -0.25) is 9.69 Å². The van der Waals surface area contributed by atoms with Crippen LogP contribution in [0.4, 0.5) is 0 Å². The van der Waals surface area contributed by atoms with Crippen LogP contribution >= 0.6 is 12.4 Å². The van der Waals surface area contributed by atoms with E-state index < -0.39 is 0 Å². The molecule has 24 heavy (non-hydrogen) atoms. The highest BCUT2D eigenvalue weighted by molar-refractivity contribution is 5.85. The molecule has 1 heterocycles. The molecule has 1 saturated heterocycles. The highest BCUT2D eigenvalue weighted by Gasteiger charge is 2.27. The molecule has 1 aliphatic rings. The quantitative estimate of drug-likeness (QED) is 0.847. The van der Waals surface area contributed by atoms with Gasteiger partial charge in [0.2, 0.25) is 5.91 Å². The molecule has 2 unspecified atom stereocenters. The SMILES string of the molecule is COCCN1CCCN(C(=O)C(C)C(N)c2ccccc2)CC1.Cl. The van der Waals surface area contributed by atoms with Crippen LogP contribution in [0.3, 0.4) is 0 Å². The number of hydrogen-bond donors (Lipinski definition) is 1. The molecule has 6 heteroatoms.